The molecule has 2 aromatic heterocycles. The molecule has 0 saturated carbocycles. The summed E-state index contributed by atoms with van der Waals surface area (Å²) in [4.78, 5) is 13.0. The maximum Gasteiger partial charge on any atom is 0.352 e. The van der Waals surface area contributed by atoms with Crippen LogP contribution >= 0.6 is 0 Å². The number of carboxylic acid groups (broad SMARTS) is 1. The fraction of sp³-hybridized carbons (Fsp3) is 0.275. The van der Waals surface area contributed by atoms with Gasteiger partial charge in [-0.15, -0.1) is 0 Å². The average molecular weight is 655 g/mol. The number of carboxylic acids is 1. The van der Waals surface area contributed by atoms with Crippen LogP contribution in [0.25, 0.3) is 32.8 Å². The Morgan fingerprint density at radius 3 is 2.61 bits per heavy atom. The summed E-state index contributed by atoms with van der Waals surface area (Å²) in [5.41, 5.74) is 7.13. The molecule has 0 amide bonds. The van der Waals surface area contributed by atoms with Crippen LogP contribution in [0.15, 0.2) is 84.9 Å². The van der Waals surface area contributed by atoms with Gasteiger partial charge in [0.25, 0.3) is 0 Å². The van der Waals surface area contributed by atoms with Gasteiger partial charge in [0.1, 0.15) is 11.4 Å². The number of nitriles is 1. The van der Waals surface area contributed by atoms with E-state index in [1.54, 1.807) is 12.1 Å². The summed E-state index contributed by atoms with van der Waals surface area (Å²) in [6.45, 7) is 2.59. The second kappa shape index (κ2) is 14.4. The highest BCUT2D eigenvalue weighted by atomic mass is 16.5. The lowest BCUT2D eigenvalue weighted by molar-refractivity contribution is 0.0683. The van der Waals surface area contributed by atoms with Crippen molar-refractivity contribution in [3.8, 4) is 22.9 Å². The number of para-hydroxylation sites is 1. The summed E-state index contributed by atoms with van der Waals surface area (Å²) < 4.78 is 22.4. The van der Waals surface area contributed by atoms with Crippen LogP contribution < -0.4 is 4.74 Å². The van der Waals surface area contributed by atoms with Gasteiger partial charge < -0.3 is 23.9 Å². The summed E-state index contributed by atoms with van der Waals surface area (Å²) in [6.07, 6.45) is 2.82. The Labute approximate surface area is 284 Å². The fourth-order valence-electron chi connectivity index (χ4n) is 6.94. The molecular weight excluding hydrogens is 616 g/mol. The highest BCUT2D eigenvalue weighted by molar-refractivity contribution is 6.04. The minimum absolute atomic E-state index is 0.254. The number of hydrogen-bond donors (Lipinski definition) is 1. The molecule has 7 rings (SSSR count). The van der Waals surface area contributed by atoms with Gasteiger partial charge >= 0.3 is 5.97 Å². The minimum Gasteiger partial charge on any atom is -0.493 e. The van der Waals surface area contributed by atoms with Crippen LogP contribution in [0.4, 0.5) is 0 Å². The Hall–Kier alpha value is -5.43. The number of rotatable bonds is 10. The third-order valence-electron chi connectivity index (χ3n) is 9.23. The monoisotopic (exact) mass is 654 g/mol. The maximum atomic E-state index is 13.0. The number of aromatic carboxylic acids is 1. The van der Waals surface area contributed by atoms with Gasteiger partial charge in [0.15, 0.2) is 0 Å². The summed E-state index contributed by atoms with van der Waals surface area (Å²) in [7, 11) is 1.91. The van der Waals surface area contributed by atoms with Gasteiger partial charge in [-0.1, -0.05) is 66.7 Å². The Kier molecular flexibility index (Phi) is 9.42. The second-order valence-electron chi connectivity index (χ2n) is 12.4. The Morgan fingerprint density at radius 2 is 1.78 bits per heavy atom. The molecule has 1 aliphatic heterocycles. The molecule has 9 nitrogen and oxygen atoms in total. The van der Waals surface area contributed by atoms with Crippen molar-refractivity contribution < 1.29 is 24.1 Å². The Morgan fingerprint density at radius 1 is 0.980 bits per heavy atom. The van der Waals surface area contributed by atoms with Gasteiger partial charge in [-0.3, -0.25) is 4.68 Å². The van der Waals surface area contributed by atoms with Crippen molar-refractivity contribution in [2.75, 3.05) is 13.2 Å². The van der Waals surface area contributed by atoms with Crippen molar-refractivity contribution in [2.24, 2.45) is 7.05 Å². The van der Waals surface area contributed by atoms with Crippen LogP contribution in [-0.2, 0) is 49.3 Å². The number of hydrogen-bond acceptors (Lipinski definition) is 6. The molecule has 49 heavy (non-hydrogen) atoms. The molecular formula is C40H38N4O5. The molecule has 0 atom stereocenters. The lowest BCUT2D eigenvalue weighted by Crippen LogP contribution is -2.12. The van der Waals surface area contributed by atoms with Crippen molar-refractivity contribution in [3.63, 3.8) is 0 Å². The van der Waals surface area contributed by atoms with E-state index in [1.807, 2.05) is 64.8 Å². The smallest absolute Gasteiger partial charge is 0.352 e. The molecule has 0 aliphatic carbocycles. The standard InChI is InChI=1S/C40H38N4O5/c1-43-35-26-47-21-5-4-20-44-38-31(12-7-13-33(38)37(35)34(42-43)25-48-24-28-18-16-27(23-41)17-19-28)32(39(44)40(45)46)14-8-22-49-36-15-6-10-29-9-2-3-11-30(29)36/h2-3,6-7,9-13,15-19H,4-5,8,14,20-22,24-26H2,1H3,(H,45,46). The average Bonchev–Trinajstić information content (AvgIpc) is 3.60. The quantitative estimate of drug-likeness (QED) is 0.150. The van der Waals surface area contributed by atoms with Crippen LogP contribution in [0.5, 0.6) is 5.75 Å². The van der Waals surface area contributed by atoms with Crippen molar-refractivity contribution in [2.45, 2.75) is 52.0 Å². The Balaban J connectivity index is 1.23. The van der Waals surface area contributed by atoms with Crippen LogP contribution in [0, 0.1) is 11.3 Å². The number of benzene rings is 4. The van der Waals surface area contributed by atoms with E-state index in [4.69, 9.17) is 24.6 Å². The molecule has 0 fully saturated rings. The molecule has 0 unspecified atom stereocenters. The molecule has 0 radical (unpaired) electrons. The first-order valence-electron chi connectivity index (χ1n) is 16.7. The number of aryl methyl sites for hydroxylation is 3. The number of ether oxygens (including phenoxy) is 3. The zero-order valence-corrected chi connectivity index (χ0v) is 27.5. The highest BCUT2D eigenvalue weighted by Gasteiger charge is 2.28. The molecule has 6 aromatic rings. The van der Waals surface area contributed by atoms with Gasteiger partial charge in [0, 0.05) is 42.1 Å². The minimum atomic E-state index is -0.935. The first-order valence-corrected chi connectivity index (χ1v) is 16.7. The number of fused-ring (bicyclic) bond motifs is 3. The summed E-state index contributed by atoms with van der Waals surface area (Å²) in [6, 6.07) is 29.8. The van der Waals surface area contributed by atoms with Crippen molar-refractivity contribution >= 4 is 27.6 Å². The van der Waals surface area contributed by atoms with E-state index in [9.17, 15) is 9.90 Å². The molecule has 0 spiro atoms. The highest BCUT2D eigenvalue weighted by Crippen LogP contribution is 2.39. The largest absolute Gasteiger partial charge is 0.493 e. The number of carbonyl (C=O) groups is 1. The molecule has 248 valence electrons. The van der Waals surface area contributed by atoms with Gasteiger partial charge in [-0.05, 0) is 60.4 Å². The predicted octanol–water partition coefficient (Wildman–Crippen LogP) is 7.80. The normalized spacial score (nSPS) is 13.1. The molecule has 1 N–H and O–H groups in total. The maximum absolute atomic E-state index is 13.0. The lowest BCUT2D eigenvalue weighted by atomic mass is 9.98. The first kappa shape index (κ1) is 32.1. The van der Waals surface area contributed by atoms with Crippen molar-refractivity contribution in [3.05, 3.63) is 119 Å². The topological polar surface area (TPSA) is 112 Å². The number of aromatic nitrogens is 3. The first-order chi connectivity index (χ1) is 24.0. The van der Waals surface area contributed by atoms with Crippen LogP contribution in [0.2, 0.25) is 0 Å². The van der Waals surface area contributed by atoms with E-state index >= 15 is 0 Å². The third kappa shape index (κ3) is 6.53. The van der Waals surface area contributed by atoms with E-state index in [1.165, 1.54) is 0 Å². The van der Waals surface area contributed by atoms with Gasteiger partial charge in [0.05, 0.1) is 55.0 Å². The van der Waals surface area contributed by atoms with Gasteiger partial charge in [-0.25, -0.2) is 4.79 Å². The van der Waals surface area contributed by atoms with E-state index < -0.39 is 5.97 Å². The summed E-state index contributed by atoms with van der Waals surface area (Å²) >= 11 is 0. The lowest BCUT2D eigenvalue weighted by Gasteiger charge is -2.13. The zero-order chi connectivity index (χ0) is 33.7. The SMILES string of the molecule is Cn1nc(COCc2ccc(C#N)cc2)c2c1COCCCCn1c(C(=O)O)c(CCCOc3cccc4ccccc34)c3cccc-2c31. The van der Waals surface area contributed by atoms with Crippen LogP contribution in [0.3, 0.4) is 0 Å². The zero-order valence-electron chi connectivity index (χ0n) is 27.5. The van der Waals surface area contributed by atoms with Crippen LogP contribution in [0.1, 0.15) is 57.8 Å². The third-order valence-corrected chi connectivity index (χ3v) is 9.23. The summed E-state index contributed by atoms with van der Waals surface area (Å²) in [5.74, 6) is -0.105. The van der Waals surface area contributed by atoms with E-state index in [2.05, 4.69) is 30.3 Å². The van der Waals surface area contributed by atoms with Gasteiger partial charge in [0.2, 0.25) is 0 Å². The van der Waals surface area contributed by atoms with Gasteiger partial charge in [-0.2, -0.15) is 10.4 Å². The molecule has 1 aliphatic rings. The molecule has 3 heterocycles. The predicted molar refractivity (Wildman–Crippen MR) is 187 cm³/mol. The fourth-order valence-corrected chi connectivity index (χ4v) is 6.94. The van der Waals surface area contributed by atoms with E-state index in [-0.39, 0.29) is 6.61 Å². The molecule has 9 heteroatoms. The second-order valence-corrected chi connectivity index (χ2v) is 12.4. The van der Waals surface area contributed by atoms with Crippen molar-refractivity contribution in [1.29, 1.82) is 5.26 Å². The number of nitrogens with zero attached hydrogens (tertiary/aromatic N) is 4. The molecule has 4 aromatic carbocycles. The van der Waals surface area contributed by atoms with Crippen LogP contribution in [-0.4, -0.2) is 38.6 Å². The van der Waals surface area contributed by atoms with E-state index in [0.29, 0.717) is 57.1 Å². The molecule has 0 saturated heterocycles. The van der Waals surface area contributed by atoms with Crippen molar-refractivity contribution in [1.82, 2.24) is 14.3 Å². The summed E-state index contributed by atoms with van der Waals surface area (Å²) in [5, 5.41) is 27.8. The Bertz CT molecular complexity index is 2170. The molecule has 0 bridgehead atoms. The van der Waals surface area contributed by atoms with E-state index in [0.717, 1.165) is 73.9 Å².